The molecular weight excluding hydrogens is 406 g/mol. The molecule has 1 heterocycles. The van der Waals surface area contributed by atoms with Gasteiger partial charge < -0.3 is 10.2 Å². The zero-order valence-electron chi connectivity index (χ0n) is 18.0. The number of rotatable bonds is 6. The van der Waals surface area contributed by atoms with E-state index < -0.39 is 0 Å². The molecule has 31 heavy (non-hydrogen) atoms. The first-order valence-electron chi connectivity index (χ1n) is 10.4. The van der Waals surface area contributed by atoms with Crippen LogP contribution in [0.4, 0.5) is 0 Å². The summed E-state index contributed by atoms with van der Waals surface area (Å²) in [4.78, 5) is 3.77. The molecule has 0 aliphatic rings. The Hall–Kier alpha value is -2.83. The van der Waals surface area contributed by atoms with Gasteiger partial charge in [-0.3, -0.25) is 0 Å². The maximum absolute atomic E-state index is 11.0. The van der Waals surface area contributed by atoms with Crippen LogP contribution in [0.5, 0.6) is 5.75 Å². The van der Waals surface area contributed by atoms with Gasteiger partial charge in [-0.15, -0.1) is 15.0 Å². The average molecular weight is 434 g/mol. The van der Waals surface area contributed by atoms with Crippen LogP contribution in [0.3, 0.4) is 0 Å². The third-order valence-corrected chi connectivity index (χ3v) is 6.12. The highest BCUT2D eigenvalue weighted by Crippen LogP contribution is 2.37. The van der Waals surface area contributed by atoms with Crippen LogP contribution < -0.4 is 0 Å². The number of phenols is 1. The highest BCUT2D eigenvalue weighted by atomic mass is 32.2. The molecule has 6 heteroatoms. The lowest BCUT2D eigenvalue weighted by Crippen LogP contribution is -2.14. The SMILES string of the molecule is CC(C)(C)c1cc(CCCO)cc(-n2nc3ccc(Sc4ccccc4)cc3n2)c1O. The van der Waals surface area contributed by atoms with Crippen LogP contribution in [0.2, 0.25) is 0 Å². The van der Waals surface area contributed by atoms with Crippen molar-refractivity contribution in [1.82, 2.24) is 15.0 Å². The van der Waals surface area contributed by atoms with Gasteiger partial charge in [0, 0.05) is 22.0 Å². The molecule has 0 saturated heterocycles. The second-order valence-electron chi connectivity index (χ2n) is 8.64. The van der Waals surface area contributed by atoms with Gasteiger partial charge in [-0.1, -0.05) is 56.8 Å². The van der Waals surface area contributed by atoms with Crippen molar-refractivity contribution in [3.8, 4) is 11.4 Å². The molecule has 160 valence electrons. The van der Waals surface area contributed by atoms with Crippen LogP contribution in [-0.2, 0) is 11.8 Å². The Morgan fingerprint density at radius 2 is 1.65 bits per heavy atom. The predicted octanol–water partition coefficient (Wildman–Crippen LogP) is 5.50. The number of hydrogen-bond donors (Lipinski definition) is 2. The second-order valence-corrected chi connectivity index (χ2v) is 9.79. The van der Waals surface area contributed by atoms with E-state index >= 15 is 0 Å². The van der Waals surface area contributed by atoms with E-state index in [9.17, 15) is 10.2 Å². The maximum Gasteiger partial charge on any atom is 0.146 e. The zero-order chi connectivity index (χ0) is 22.0. The highest BCUT2D eigenvalue weighted by Gasteiger charge is 2.23. The van der Waals surface area contributed by atoms with Gasteiger partial charge >= 0.3 is 0 Å². The van der Waals surface area contributed by atoms with Crippen LogP contribution in [0, 0.1) is 0 Å². The van der Waals surface area contributed by atoms with Crippen LogP contribution in [0.1, 0.15) is 38.3 Å². The van der Waals surface area contributed by atoms with E-state index in [0.29, 0.717) is 12.1 Å². The summed E-state index contributed by atoms with van der Waals surface area (Å²) in [6.07, 6.45) is 1.40. The standard InChI is InChI=1S/C25H27N3O2S/c1-25(2,3)20-14-17(8-7-13-29)15-23(24(20)30)28-26-21-12-11-19(16-22(21)27-28)31-18-9-5-4-6-10-18/h4-6,9-12,14-16,29-30H,7-8,13H2,1-3H3. The molecule has 2 N–H and O–H groups in total. The summed E-state index contributed by atoms with van der Waals surface area (Å²) in [5.41, 5.74) is 3.77. The molecule has 4 rings (SSSR count). The monoisotopic (exact) mass is 433 g/mol. The number of aryl methyl sites for hydroxylation is 1. The van der Waals surface area contributed by atoms with Crippen molar-refractivity contribution in [1.29, 1.82) is 0 Å². The van der Waals surface area contributed by atoms with Crippen LogP contribution in [-0.4, -0.2) is 31.8 Å². The molecular formula is C25H27N3O2S. The minimum atomic E-state index is -0.236. The van der Waals surface area contributed by atoms with Gasteiger partial charge in [0.25, 0.3) is 0 Å². The summed E-state index contributed by atoms with van der Waals surface area (Å²) in [5, 5.41) is 29.6. The Labute approximate surface area is 186 Å². The fourth-order valence-electron chi connectivity index (χ4n) is 3.52. The van der Waals surface area contributed by atoms with Crippen molar-refractivity contribution in [3.63, 3.8) is 0 Å². The zero-order valence-corrected chi connectivity index (χ0v) is 18.9. The minimum absolute atomic E-state index is 0.132. The van der Waals surface area contributed by atoms with E-state index in [4.69, 9.17) is 0 Å². The lowest BCUT2D eigenvalue weighted by molar-refractivity contribution is 0.288. The molecule has 0 saturated carbocycles. The lowest BCUT2D eigenvalue weighted by Gasteiger charge is -2.23. The number of aliphatic hydroxyl groups excluding tert-OH is 1. The molecule has 0 aliphatic carbocycles. The van der Waals surface area contributed by atoms with E-state index in [2.05, 4.69) is 43.1 Å². The Bertz CT molecular complexity index is 1200. The van der Waals surface area contributed by atoms with Gasteiger partial charge in [0.05, 0.1) is 0 Å². The van der Waals surface area contributed by atoms with Gasteiger partial charge in [-0.05, 0) is 60.2 Å². The lowest BCUT2D eigenvalue weighted by atomic mass is 9.84. The van der Waals surface area contributed by atoms with Gasteiger partial charge in [-0.2, -0.15) is 0 Å². The number of benzene rings is 3. The molecule has 4 aromatic rings. The molecule has 0 atom stereocenters. The highest BCUT2D eigenvalue weighted by molar-refractivity contribution is 7.99. The van der Waals surface area contributed by atoms with Crippen LogP contribution >= 0.6 is 11.8 Å². The van der Waals surface area contributed by atoms with Gasteiger partial charge in [-0.25, -0.2) is 0 Å². The summed E-state index contributed by atoms with van der Waals surface area (Å²) in [6.45, 7) is 6.35. The smallest absolute Gasteiger partial charge is 0.146 e. The van der Waals surface area contributed by atoms with Gasteiger partial charge in [0.2, 0.25) is 0 Å². The molecule has 3 aromatic carbocycles. The van der Waals surface area contributed by atoms with E-state index in [0.717, 1.165) is 33.5 Å². The molecule has 0 aliphatic heterocycles. The van der Waals surface area contributed by atoms with Gasteiger partial charge in [0.1, 0.15) is 22.5 Å². The third kappa shape index (κ3) is 4.75. The Balaban J connectivity index is 1.75. The predicted molar refractivity (Wildman–Crippen MR) is 125 cm³/mol. The second kappa shape index (κ2) is 8.73. The van der Waals surface area contributed by atoms with Crippen molar-refractivity contribution in [2.45, 2.75) is 48.8 Å². The number of aliphatic hydroxyl groups is 1. The van der Waals surface area contributed by atoms with Crippen LogP contribution in [0.15, 0.2) is 70.5 Å². The van der Waals surface area contributed by atoms with Crippen molar-refractivity contribution in [2.24, 2.45) is 0 Å². The number of nitrogens with zero attached hydrogens (tertiary/aromatic N) is 3. The maximum atomic E-state index is 11.0. The minimum Gasteiger partial charge on any atom is -0.505 e. The van der Waals surface area contributed by atoms with E-state index in [1.165, 1.54) is 9.69 Å². The fraction of sp³-hybridized carbons (Fsp3) is 0.280. The number of aromatic hydroxyl groups is 1. The molecule has 0 spiro atoms. The first-order valence-corrected chi connectivity index (χ1v) is 11.2. The fourth-order valence-corrected chi connectivity index (χ4v) is 4.39. The Kier molecular flexibility index (Phi) is 6.03. The summed E-state index contributed by atoms with van der Waals surface area (Å²) < 4.78 is 0. The first-order chi connectivity index (χ1) is 14.8. The summed E-state index contributed by atoms with van der Waals surface area (Å²) >= 11 is 1.68. The van der Waals surface area contributed by atoms with Crippen molar-refractivity contribution in [2.75, 3.05) is 6.61 Å². The van der Waals surface area contributed by atoms with E-state index in [-0.39, 0.29) is 17.8 Å². The molecule has 5 nitrogen and oxygen atoms in total. The van der Waals surface area contributed by atoms with Crippen LogP contribution in [0.25, 0.3) is 16.7 Å². The summed E-state index contributed by atoms with van der Waals surface area (Å²) in [7, 11) is 0. The van der Waals surface area contributed by atoms with E-state index in [1.54, 1.807) is 11.8 Å². The number of hydrogen-bond acceptors (Lipinski definition) is 5. The largest absolute Gasteiger partial charge is 0.505 e. The average Bonchev–Trinajstić information content (AvgIpc) is 3.16. The van der Waals surface area contributed by atoms with Crippen molar-refractivity contribution in [3.05, 3.63) is 71.8 Å². The third-order valence-electron chi connectivity index (χ3n) is 5.13. The summed E-state index contributed by atoms with van der Waals surface area (Å²) in [6, 6.07) is 20.2. The Morgan fingerprint density at radius 1 is 0.903 bits per heavy atom. The molecule has 0 bridgehead atoms. The number of phenolic OH excluding ortho intramolecular Hbond substituents is 1. The molecule has 0 unspecified atom stereocenters. The number of aromatic nitrogens is 3. The molecule has 0 radical (unpaired) electrons. The first kappa shape index (κ1) is 21.4. The molecule has 0 amide bonds. The quantitative estimate of drug-likeness (QED) is 0.420. The normalized spacial score (nSPS) is 11.9. The van der Waals surface area contributed by atoms with Crippen molar-refractivity contribution >= 4 is 22.8 Å². The Morgan fingerprint density at radius 3 is 2.35 bits per heavy atom. The number of fused-ring (bicyclic) bond motifs is 1. The topological polar surface area (TPSA) is 71.2 Å². The van der Waals surface area contributed by atoms with Crippen molar-refractivity contribution < 1.29 is 10.2 Å². The summed E-state index contributed by atoms with van der Waals surface area (Å²) in [5.74, 6) is 0.194. The van der Waals surface area contributed by atoms with E-state index in [1.807, 2.05) is 48.5 Å². The molecule has 1 aromatic heterocycles. The van der Waals surface area contributed by atoms with Gasteiger partial charge in [0.15, 0.2) is 0 Å². The molecule has 0 fully saturated rings.